The maximum Gasteiger partial charge on any atom is 0.334 e. The molecule has 0 amide bonds. The summed E-state index contributed by atoms with van der Waals surface area (Å²) in [5, 5.41) is 3.97. The summed E-state index contributed by atoms with van der Waals surface area (Å²) in [4.78, 5) is 16.3. The number of rotatable bonds is 7. The maximum atomic E-state index is 11.9. The van der Waals surface area contributed by atoms with Gasteiger partial charge in [0.1, 0.15) is 5.60 Å². The highest BCUT2D eigenvalue weighted by Crippen LogP contribution is 2.14. The predicted octanol–water partition coefficient (Wildman–Crippen LogP) is 3.86. The van der Waals surface area contributed by atoms with Crippen molar-refractivity contribution in [3.63, 3.8) is 0 Å². The van der Waals surface area contributed by atoms with Crippen molar-refractivity contribution in [3.8, 4) is 0 Å². The van der Waals surface area contributed by atoms with Gasteiger partial charge >= 0.3 is 5.97 Å². The summed E-state index contributed by atoms with van der Waals surface area (Å²) in [7, 11) is 0. The Kier molecular flexibility index (Phi) is 6.12. The number of nitrogens with zero attached hydrogens (tertiary/aromatic N) is 2. The summed E-state index contributed by atoms with van der Waals surface area (Å²) in [5.74, 6) is 0.571. The van der Waals surface area contributed by atoms with Crippen molar-refractivity contribution in [2.75, 3.05) is 0 Å². The maximum absolute atomic E-state index is 11.9. The molecule has 5 nitrogen and oxygen atoms in total. The normalized spacial score (nSPS) is 11.4. The molecular weight excluding hydrogens is 316 g/mol. The first kappa shape index (κ1) is 18.9. The number of hydrogen-bond acceptors (Lipinski definition) is 5. The van der Waals surface area contributed by atoms with Crippen LogP contribution in [0, 0.1) is 0 Å². The summed E-state index contributed by atoms with van der Waals surface area (Å²) in [5.41, 5.74) is 2.32. The first-order chi connectivity index (χ1) is 11.8. The lowest BCUT2D eigenvalue weighted by Gasteiger charge is -2.19. The van der Waals surface area contributed by atoms with E-state index in [1.807, 2.05) is 20.8 Å². The minimum atomic E-state index is -0.548. The van der Waals surface area contributed by atoms with E-state index < -0.39 is 11.6 Å². The van der Waals surface area contributed by atoms with E-state index in [1.54, 1.807) is 0 Å². The Morgan fingerprint density at radius 3 is 2.40 bits per heavy atom. The molecule has 0 radical (unpaired) electrons. The van der Waals surface area contributed by atoms with Crippen molar-refractivity contribution in [1.82, 2.24) is 10.1 Å². The van der Waals surface area contributed by atoms with E-state index in [4.69, 9.17) is 9.26 Å². The summed E-state index contributed by atoms with van der Waals surface area (Å²) >= 11 is 0. The topological polar surface area (TPSA) is 65.2 Å². The molecule has 25 heavy (non-hydrogen) atoms. The van der Waals surface area contributed by atoms with Crippen molar-refractivity contribution >= 4 is 5.97 Å². The van der Waals surface area contributed by atoms with Crippen LogP contribution in [0.4, 0.5) is 0 Å². The Bertz CT molecular complexity index is 724. The van der Waals surface area contributed by atoms with Gasteiger partial charge in [0.25, 0.3) is 0 Å². The summed E-state index contributed by atoms with van der Waals surface area (Å²) in [6.45, 7) is 11.3. The lowest BCUT2D eigenvalue weighted by molar-refractivity contribution is -0.150. The lowest BCUT2D eigenvalue weighted by Crippen LogP contribution is -2.25. The molecule has 0 N–H and O–H groups in total. The van der Waals surface area contributed by atoms with Crippen LogP contribution in [0.1, 0.15) is 50.5 Å². The highest BCUT2D eigenvalue weighted by molar-refractivity contribution is 5.88. The molecule has 0 bridgehead atoms. The number of carbonyl (C=O) groups excluding carboxylic acids is 1. The molecule has 134 valence electrons. The fraction of sp³-hybridized carbons (Fsp3) is 0.450. The molecule has 2 aromatic rings. The van der Waals surface area contributed by atoms with Gasteiger partial charge in [-0.2, -0.15) is 4.98 Å². The Balaban J connectivity index is 1.86. The summed E-state index contributed by atoms with van der Waals surface area (Å²) < 4.78 is 10.5. The molecule has 2 rings (SSSR count). The van der Waals surface area contributed by atoms with Crippen molar-refractivity contribution in [3.05, 3.63) is 59.3 Å². The molecule has 1 aromatic carbocycles. The fourth-order valence-corrected chi connectivity index (χ4v) is 2.27. The first-order valence-electron chi connectivity index (χ1n) is 8.57. The van der Waals surface area contributed by atoms with Crippen LogP contribution in [0.15, 0.2) is 40.9 Å². The molecule has 1 heterocycles. The molecule has 0 atom stereocenters. The van der Waals surface area contributed by atoms with Gasteiger partial charge in [0.05, 0.1) is 6.42 Å². The van der Waals surface area contributed by atoms with Crippen molar-refractivity contribution < 1.29 is 14.1 Å². The predicted molar refractivity (Wildman–Crippen MR) is 96.2 cm³/mol. The molecular formula is C20H26N2O3. The second kappa shape index (κ2) is 8.10. The van der Waals surface area contributed by atoms with Gasteiger partial charge < -0.3 is 9.26 Å². The lowest BCUT2D eigenvalue weighted by atomic mass is 10.1. The number of ether oxygens (including phenoxy) is 1. The first-order valence-corrected chi connectivity index (χ1v) is 8.57. The van der Waals surface area contributed by atoms with Crippen molar-refractivity contribution in [2.24, 2.45) is 0 Å². The molecule has 0 fully saturated rings. The highest BCUT2D eigenvalue weighted by atomic mass is 16.6. The van der Waals surface area contributed by atoms with Crippen LogP contribution in [0.2, 0.25) is 0 Å². The second-order valence-electron chi connectivity index (χ2n) is 7.06. The molecule has 5 heteroatoms. The van der Waals surface area contributed by atoms with Crippen LogP contribution in [0.25, 0.3) is 0 Å². The molecule has 0 aliphatic heterocycles. The summed E-state index contributed by atoms with van der Waals surface area (Å²) in [6.07, 6.45) is 2.77. The van der Waals surface area contributed by atoms with Gasteiger partial charge in [-0.1, -0.05) is 42.9 Å². The van der Waals surface area contributed by atoms with Gasteiger partial charge in [-0.05, 0) is 44.7 Å². The quantitative estimate of drug-likeness (QED) is 0.565. The number of aryl methyl sites for hydroxylation is 3. The molecule has 0 spiro atoms. The molecule has 0 unspecified atom stereocenters. The van der Waals surface area contributed by atoms with Crippen LogP contribution in [0.3, 0.4) is 0 Å². The smallest absolute Gasteiger partial charge is 0.334 e. The minimum absolute atomic E-state index is 0.201. The zero-order valence-electron chi connectivity index (χ0n) is 15.5. The number of hydrogen-bond donors (Lipinski definition) is 0. The van der Waals surface area contributed by atoms with E-state index >= 15 is 0 Å². The van der Waals surface area contributed by atoms with Gasteiger partial charge in [-0.25, -0.2) is 4.79 Å². The second-order valence-corrected chi connectivity index (χ2v) is 7.06. The largest absolute Gasteiger partial charge is 0.457 e. The molecule has 1 aromatic heterocycles. The monoisotopic (exact) mass is 342 g/mol. The standard InChI is InChI=1S/C20H26N2O3/c1-6-15-7-9-16(10-8-15)11-12-17-21-18(25-22-17)13-14(2)19(23)24-20(3,4)5/h7-10H,2,6,11-13H2,1,3-5H3. The van der Waals surface area contributed by atoms with Crippen LogP contribution >= 0.6 is 0 Å². The number of carbonyl (C=O) groups is 1. The molecule has 0 saturated heterocycles. The van der Waals surface area contributed by atoms with Gasteiger partial charge in [0.2, 0.25) is 5.89 Å². The van der Waals surface area contributed by atoms with Gasteiger partial charge in [0, 0.05) is 12.0 Å². The van der Waals surface area contributed by atoms with Crippen molar-refractivity contribution in [1.29, 1.82) is 0 Å². The Labute approximate surface area is 149 Å². The zero-order valence-corrected chi connectivity index (χ0v) is 15.5. The van der Waals surface area contributed by atoms with E-state index in [0.29, 0.717) is 23.7 Å². The van der Waals surface area contributed by atoms with E-state index in [1.165, 1.54) is 11.1 Å². The number of aromatic nitrogens is 2. The molecule has 0 saturated carbocycles. The Morgan fingerprint density at radius 2 is 1.80 bits per heavy atom. The van der Waals surface area contributed by atoms with Gasteiger partial charge in [-0.3, -0.25) is 0 Å². The number of benzene rings is 1. The minimum Gasteiger partial charge on any atom is -0.457 e. The zero-order chi connectivity index (χ0) is 18.4. The SMILES string of the molecule is C=C(Cc1nc(CCc2ccc(CC)cc2)no1)C(=O)OC(C)(C)C. The third kappa shape index (κ3) is 6.18. The van der Waals surface area contributed by atoms with E-state index in [0.717, 1.165) is 12.8 Å². The number of esters is 1. The van der Waals surface area contributed by atoms with E-state index in [2.05, 4.69) is 47.9 Å². The molecule has 0 aliphatic carbocycles. The Hall–Kier alpha value is -2.43. The van der Waals surface area contributed by atoms with Crippen LogP contribution in [-0.2, 0) is 35.2 Å². The van der Waals surface area contributed by atoms with Gasteiger partial charge in [-0.15, -0.1) is 0 Å². The molecule has 0 aliphatic rings. The van der Waals surface area contributed by atoms with Crippen LogP contribution in [-0.4, -0.2) is 21.7 Å². The van der Waals surface area contributed by atoms with Gasteiger partial charge in [0.15, 0.2) is 5.82 Å². The van der Waals surface area contributed by atoms with E-state index in [-0.39, 0.29) is 6.42 Å². The third-order valence-electron chi connectivity index (χ3n) is 3.63. The average molecular weight is 342 g/mol. The van der Waals surface area contributed by atoms with E-state index in [9.17, 15) is 4.79 Å². The average Bonchev–Trinajstić information content (AvgIpc) is 2.99. The summed E-state index contributed by atoms with van der Waals surface area (Å²) in [6, 6.07) is 8.54. The third-order valence-corrected chi connectivity index (χ3v) is 3.63. The van der Waals surface area contributed by atoms with Crippen LogP contribution < -0.4 is 0 Å². The fourth-order valence-electron chi connectivity index (χ4n) is 2.27. The van der Waals surface area contributed by atoms with Crippen molar-refractivity contribution in [2.45, 2.75) is 59.0 Å². The Morgan fingerprint density at radius 1 is 1.16 bits per heavy atom. The highest BCUT2D eigenvalue weighted by Gasteiger charge is 2.20. The van der Waals surface area contributed by atoms with Crippen LogP contribution in [0.5, 0.6) is 0 Å².